The maximum Gasteiger partial charge on any atom is 0.0826 e. The van der Waals surface area contributed by atoms with Gasteiger partial charge in [0.2, 0.25) is 0 Å². The van der Waals surface area contributed by atoms with Crippen molar-refractivity contribution < 1.29 is 9.47 Å². The van der Waals surface area contributed by atoms with Gasteiger partial charge >= 0.3 is 0 Å². The van der Waals surface area contributed by atoms with Crippen LogP contribution in [0, 0.1) is 0 Å². The van der Waals surface area contributed by atoms with E-state index in [9.17, 15) is 0 Å². The molecule has 1 heterocycles. The summed E-state index contributed by atoms with van der Waals surface area (Å²) in [6, 6.07) is 0. The molecule has 0 amide bonds. The molecule has 96 valence electrons. The van der Waals surface area contributed by atoms with Crippen LogP contribution in [0.2, 0.25) is 0 Å². The summed E-state index contributed by atoms with van der Waals surface area (Å²) in [5.74, 6) is 0. The highest BCUT2D eigenvalue weighted by molar-refractivity contribution is 4.70. The predicted octanol–water partition coefficient (Wildman–Crippen LogP) is 0.723. The first-order valence-corrected chi connectivity index (χ1v) is 6.41. The minimum atomic E-state index is 0.357. The van der Waals surface area contributed by atoms with Gasteiger partial charge in [0.1, 0.15) is 0 Å². The Morgan fingerprint density at radius 2 is 2.31 bits per heavy atom. The van der Waals surface area contributed by atoms with Crippen LogP contribution in [0.3, 0.4) is 0 Å². The molecule has 0 radical (unpaired) electrons. The Morgan fingerprint density at radius 3 is 3.06 bits per heavy atom. The standard InChI is InChI=1S/C12H26N2O2/c1-3-7-15-8-4-5-13-10-12-11-14(2)6-9-16-12/h12-13H,3-11H2,1-2H3. The number of nitrogens with zero attached hydrogens (tertiary/aromatic N) is 1. The average molecular weight is 230 g/mol. The second kappa shape index (κ2) is 8.93. The smallest absolute Gasteiger partial charge is 0.0826 e. The lowest BCUT2D eigenvalue weighted by Crippen LogP contribution is -2.45. The maximum atomic E-state index is 5.66. The van der Waals surface area contributed by atoms with E-state index in [0.29, 0.717) is 6.10 Å². The number of morpholine rings is 1. The zero-order valence-corrected chi connectivity index (χ0v) is 10.7. The molecule has 0 bridgehead atoms. The van der Waals surface area contributed by atoms with Gasteiger partial charge < -0.3 is 19.7 Å². The van der Waals surface area contributed by atoms with E-state index in [2.05, 4.69) is 24.2 Å². The van der Waals surface area contributed by atoms with Crippen LogP contribution in [-0.4, -0.2) is 64.1 Å². The molecule has 0 saturated carbocycles. The monoisotopic (exact) mass is 230 g/mol. The second-order valence-electron chi connectivity index (χ2n) is 4.43. The van der Waals surface area contributed by atoms with E-state index in [1.54, 1.807) is 0 Å². The minimum absolute atomic E-state index is 0.357. The van der Waals surface area contributed by atoms with Gasteiger partial charge in [0.25, 0.3) is 0 Å². The first-order valence-electron chi connectivity index (χ1n) is 6.41. The first kappa shape index (κ1) is 13.9. The molecular formula is C12H26N2O2. The van der Waals surface area contributed by atoms with E-state index in [0.717, 1.165) is 58.8 Å². The molecule has 1 saturated heterocycles. The molecule has 0 aromatic heterocycles. The third kappa shape index (κ3) is 6.43. The van der Waals surface area contributed by atoms with E-state index < -0.39 is 0 Å². The Hall–Kier alpha value is -0.160. The topological polar surface area (TPSA) is 33.7 Å². The summed E-state index contributed by atoms with van der Waals surface area (Å²) in [6.45, 7) is 8.83. The highest BCUT2D eigenvalue weighted by atomic mass is 16.5. The van der Waals surface area contributed by atoms with Crippen LogP contribution in [0.25, 0.3) is 0 Å². The summed E-state index contributed by atoms with van der Waals surface area (Å²) in [5, 5.41) is 3.42. The van der Waals surface area contributed by atoms with Crippen molar-refractivity contribution in [3.05, 3.63) is 0 Å². The van der Waals surface area contributed by atoms with Gasteiger partial charge in [-0.15, -0.1) is 0 Å². The fourth-order valence-corrected chi connectivity index (χ4v) is 1.80. The normalized spacial score (nSPS) is 22.5. The Bertz CT molecular complexity index is 167. The van der Waals surface area contributed by atoms with Gasteiger partial charge in [-0.3, -0.25) is 0 Å². The number of rotatable bonds is 8. The second-order valence-corrected chi connectivity index (χ2v) is 4.43. The molecule has 0 spiro atoms. The maximum absolute atomic E-state index is 5.66. The van der Waals surface area contributed by atoms with Gasteiger partial charge in [0, 0.05) is 32.8 Å². The summed E-state index contributed by atoms with van der Waals surface area (Å²) in [4.78, 5) is 2.32. The van der Waals surface area contributed by atoms with Crippen LogP contribution in [0.15, 0.2) is 0 Å². The zero-order valence-electron chi connectivity index (χ0n) is 10.7. The number of likely N-dealkylation sites (N-methyl/N-ethyl adjacent to an activating group) is 1. The fourth-order valence-electron chi connectivity index (χ4n) is 1.80. The summed E-state index contributed by atoms with van der Waals surface area (Å²) < 4.78 is 11.1. The lowest BCUT2D eigenvalue weighted by molar-refractivity contribution is -0.0182. The average Bonchev–Trinajstić information content (AvgIpc) is 2.28. The quantitative estimate of drug-likeness (QED) is 0.623. The van der Waals surface area contributed by atoms with Gasteiger partial charge in [0.15, 0.2) is 0 Å². The molecule has 1 atom stereocenters. The summed E-state index contributed by atoms with van der Waals surface area (Å²) in [5.41, 5.74) is 0. The van der Waals surface area contributed by atoms with E-state index in [4.69, 9.17) is 9.47 Å². The predicted molar refractivity (Wildman–Crippen MR) is 65.8 cm³/mol. The van der Waals surface area contributed by atoms with E-state index >= 15 is 0 Å². The van der Waals surface area contributed by atoms with Crippen molar-refractivity contribution in [3.63, 3.8) is 0 Å². The molecule has 1 N–H and O–H groups in total. The molecule has 0 aromatic rings. The van der Waals surface area contributed by atoms with Crippen molar-refractivity contribution in [2.45, 2.75) is 25.9 Å². The van der Waals surface area contributed by atoms with Crippen molar-refractivity contribution in [1.29, 1.82) is 0 Å². The van der Waals surface area contributed by atoms with Crippen LogP contribution in [0.1, 0.15) is 19.8 Å². The molecule has 1 aliphatic heterocycles. The van der Waals surface area contributed by atoms with E-state index in [-0.39, 0.29) is 0 Å². The van der Waals surface area contributed by atoms with Crippen molar-refractivity contribution in [3.8, 4) is 0 Å². The molecular weight excluding hydrogens is 204 g/mol. The SMILES string of the molecule is CCCOCCCNCC1CN(C)CCO1. The van der Waals surface area contributed by atoms with E-state index in [1.165, 1.54) is 0 Å². The third-order valence-corrected chi connectivity index (χ3v) is 2.70. The zero-order chi connectivity index (χ0) is 11.6. The lowest BCUT2D eigenvalue weighted by atomic mass is 10.3. The molecule has 4 heteroatoms. The van der Waals surface area contributed by atoms with Crippen molar-refractivity contribution in [2.24, 2.45) is 0 Å². The van der Waals surface area contributed by atoms with Gasteiger partial charge in [0.05, 0.1) is 12.7 Å². The molecule has 1 fully saturated rings. The van der Waals surface area contributed by atoms with Gasteiger partial charge in [-0.05, 0) is 26.4 Å². The third-order valence-electron chi connectivity index (χ3n) is 2.70. The summed E-state index contributed by atoms with van der Waals surface area (Å²) >= 11 is 0. The molecule has 0 aliphatic carbocycles. The largest absolute Gasteiger partial charge is 0.381 e. The Morgan fingerprint density at radius 1 is 1.44 bits per heavy atom. The highest BCUT2D eigenvalue weighted by Gasteiger charge is 2.16. The molecule has 16 heavy (non-hydrogen) atoms. The minimum Gasteiger partial charge on any atom is -0.381 e. The number of hydrogen-bond donors (Lipinski definition) is 1. The van der Waals surface area contributed by atoms with Crippen LogP contribution in [0.4, 0.5) is 0 Å². The number of nitrogens with one attached hydrogen (secondary N) is 1. The van der Waals surface area contributed by atoms with Crippen molar-refractivity contribution in [1.82, 2.24) is 10.2 Å². The Labute approximate surface area is 99.3 Å². The molecule has 4 nitrogen and oxygen atoms in total. The van der Waals surface area contributed by atoms with Gasteiger partial charge in [-0.25, -0.2) is 0 Å². The van der Waals surface area contributed by atoms with E-state index in [1.807, 2.05) is 0 Å². The number of hydrogen-bond acceptors (Lipinski definition) is 4. The molecule has 1 rings (SSSR count). The summed E-state index contributed by atoms with van der Waals surface area (Å²) in [6.07, 6.45) is 2.55. The van der Waals surface area contributed by atoms with Crippen LogP contribution in [0.5, 0.6) is 0 Å². The van der Waals surface area contributed by atoms with Gasteiger partial charge in [-0.2, -0.15) is 0 Å². The van der Waals surface area contributed by atoms with Gasteiger partial charge in [-0.1, -0.05) is 6.92 Å². The summed E-state index contributed by atoms with van der Waals surface area (Å²) in [7, 11) is 2.15. The van der Waals surface area contributed by atoms with Crippen LogP contribution >= 0.6 is 0 Å². The Balaban J connectivity index is 1.86. The molecule has 1 aliphatic rings. The van der Waals surface area contributed by atoms with Crippen molar-refractivity contribution >= 4 is 0 Å². The van der Waals surface area contributed by atoms with Crippen LogP contribution in [-0.2, 0) is 9.47 Å². The Kier molecular flexibility index (Phi) is 7.76. The molecule has 1 unspecified atom stereocenters. The fraction of sp³-hybridized carbons (Fsp3) is 1.00. The van der Waals surface area contributed by atoms with Crippen molar-refractivity contribution in [2.75, 3.05) is 53.0 Å². The lowest BCUT2D eigenvalue weighted by Gasteiger charge is -2.30. The molecule has 0 aromatic carbocycles. The number of ether oxygens (including phenoxy) is 2. The highest BCUT2D eigenvalue weighted by Crippen LogP contribution is 2.01. The first-order chi connectivity index (χ1) is 7.83. The van der Waals surface area contributed by atoms with Crippen LogP contribution < -0.4 is 5.32 Å².